The van der Waals surface area contributed by atoms with E-state index in [-0.39, 0.29) is 12.5 Å². The van der Waals surface area contributed by atoms with Gasteiger partial charge in [-0.25, -0.2) is 18.2 Å². The fraction of sp³-hybridized carbons (Fsp3) is 0.136. The summed E-state index contributed by atoms with van der Waals surface area (Å²) < 4.78 is 46.6. The van der Waals surface area contributed by atoms with Crippen molar-refractivity contribution in [2.45, 2.75) is 13.0 Å². The monoisotopic (exact) mass is 367 g/mol. The molecule has 5 heteroatoms. The largest absolute Gasteiger partial charge is 0.475 e. The van der Waals surface area contributed by atoms with E-state index in [0.717, 1.165) is 28.8 Å². The highest BCUT2D eigenvalue weighted by Crippen LogP contribution is 2.29. The molecule has 0 amide bonds. The van der Waals surface area contributed by atoms with Crippen molar-refractivity contribution in [3.8, 4) is 11.1 Å². The van der Waals surface area contributed by atoms with Gasteiger partial charge in [-0.2, -0.15) is 0 Å². The Hall–Kier alpha value is -3.08. The lowest BCUT2D eigenvalue weighted by atomic mass is 10.0. The van der Waals surface area contributed by atoms with Crippen LogP contribution in [0.4, 0.5) is 13.2 Å². The summed E-state index contributed by atoms with van der Waals surface area (Å²) in [7, 11) is 0. The van der Waals surface area contributed by atoms with Crippen LogP contribution >= 0.6 is 0 Å². The average molecular weight is 367 g/mol. The van der Waals surface area contributed by atoms with E-state index in [2.05, 4.69) is 17.1 Å². The van der Waals surface area contributed by atoms with Crippen LogP contribution in [0.2, 0.25) is 0 Å². The molecule has 3 aromatic rings. The predicted molar refractivity (Wildman–Crippen MR) is 98.2 cm³/mol. The Balaban J connectivity index is 1.60. The lowest BCUT2D eigenvalue weighted by Crippen LogP contribution is -2.09. The van der Waals surface area contributed by atoms with Gasteiger partial charge >= 0.3 is 0 Å². The first kappa shape index (κ1) is 17.3. The number of benzene rings is 3. The molecular weight excluding hydrogens is 351 g/mol. The van der Waals surface area contributed by atoms with Crippen LogP contribution in [0, 0.1) is 24.4 Å². The van der Waals surface area contributed by atoms with E-state index in [4.69, 9.17) is 4.74 Å². The summed E-state index contributed by atoms with van der Waals surface area (Å²) in [6.45, 7) is 2.18. The van der Waals surface area contributed by atoms with Crippen LogP contribution in [-0.4, -0.2) is 12.5 Å². The molecule has 4 rings (SSSR count). The van der Waals surface area contributed by atoms with E-state index < -0.39 is 29.1 Å². The van der Waals surface area contributed by atoms with Gasteiger partial charge in [0.2, 0.25) is 5.90 Å². The molecule has 1 heterocycles. The number of hydrogen-bond acceptors (Lipinski definition) is 2. The fourth-order valence-electron chi connectivity index (χ4n) is 3.05. The first-order valence-electron chi connectivity index (χ1n) is 8.54. The molecule has 0 bridgehead atoms. The van der Waals surface area contributed by atoms with Gasteiger partial charge in [-0.1, -0.05) is 54.1 Å². The molecule has 0 saturated heterocycles. The maximum Gasteiger partial charge on any atom is 0.223 e. The average Bonchev–Trinajstić information content (AvgIpc) is 3.16. The van der Waals surface area contributed by atoms with Gasteiger partial charge in [-0.05, 0) is 35.7 Å². The van der Waals surface area contributed by atoms with Gasteiger partial charge in [0.1, 0.15) is 24.0 Å². The summed E-state index contributed by atoms with van der Waals surface area (Å²) in [5.74, 6) is -3.53. The van der Waals surface area contributed by atoms with Gasteiger partial charge in [0.15, 0.2) is 11.6 Å². The van der Waals surface area contributed by atoms with E-state index in [0.29, 0.717) is 0 Å². The third-order valence-electron chi connectivity index (χ3n) is 4.59. The predicted octanol–water partition coefficient (Wildman–Crippen LogP) is 5.60. The standard InChI is InChI=1S/C22H16F3NO/c1-13-2-4-14(5-3-13)15-6-8-16(9-7-15)19-12-27-22(26-19)20-17(23)10-11-18(24)21(20)25/h2-11,19H,12H2,1H3. The highest BCUT2D eigenvalue weighted by molar-refractivity contribution is 5.95. The number of aryl methyl sites for hydroxylation is 1. The Morgan fingerprint density at radius 1 is 0.815 bits per heavy atom. The Morgan fingerprint density at radius 2 is 1.41 bits per heavy atom. The highest BCUT2D eigenvalue weighted by atomic mass is 19.2. The van der Waals surface area contributed by atoms with Gasteiger partial charge in [0, 0.05) is 0 Å². The number of hydrogen-bond donors (Lipinski definition) is 0. The minimum absolute atomic E-state index is 0.147. The molecule has 0 aromatic heterocycles. The summed E-state index contributed by atoms with van der Waals surface area (Å²) >= 11 is 0. The SMILES string of the molecule is Cc1ccc(-c2ccc(C3COC(c4c(F)ccc(F)c4F)=N3)cc2)cc1. The molecule has 2 nitrogen and oxygen atoms in total. The van der Waals surface area contributed by atoms with Crippen LogP contribution in [0.1, 0.15) is 22.7 Å². The van der Waals surface area contributed by atoms with Crippen molar-refractivity contribution in [3.63, 3.8) is 0 Å². The molecule has 1 aliphatic heterocycles. The maximum absolute atomic E-state index is 13.9. The van der Waals surface area contributed by atoms with Crippen molar-refractivity contribution >= 4 is 5.90 Å². The summed E-state index contributed by atoms with van der Waals surface area (Å²) in [6, 6.07) is 17.2. The second-order valence-corrected chi connectivity index (χ2v) is 6.47. The summed E-state index contributed by atoms with van der Waals surface area (Å²) in [6.07, 6.45) is 0. The van der Waals surface area contributed by atoms with Crippen molar-refractivity contribution < 1.29 is 17.9 Å². The van der Waals surface area contributed by atoms with E-state index >= 15 is 0 Å². The lowest BCUT2D eigenvalue weighted by molar-refractivity contribution is 0.317. The third-order valence-corrected chi connectivity index (χ3v) is 4.59. The minimum Gasteiger partial charge on any atom is -0.475 e. The summed E-state index contributed by atoms with van der Waals surface area (Å²) in [5.41, 5.74) is 3.65. The molecule has 0 N–H and O–H groups in total. The Labute approximate surface area is 155 Å². The van der Waals surface area contributed by atoms with Crippen LogP contribution in [0.3, 0.4) is 0 Å². The summed E-state index contributed by atoms with van der Waals surface area (Å²) in [5, 5.41) is 0. The lowest BCUT2D eigenvalue weighted by Gasteiger charge is -2.07. The molecule has 3 aromatic carbocycles. The van der Waals surface area contributed by atoms with Gasteiger partial charge in [-0.15, -0.1) is 0 Å². The Kier molecular flexibility index (Phi) is 4.44. The van der Waals surface area contributed by atoms with Crippen molar-refractivity contribution in [3.05, 3.63) is 94.8 Å². The molecule has 1 unspecified atom stereocenters. The van der Waals surface area contributed by atoms with Crippen LogP contribution in [-0.2, 0) is 4.74 Å². The van der Waals surface area contributed by atoms with Crippen molar-refractivity contribution in [2.24, 2.45) is 4.99 Å². The second-order valence-electron chi connectivity index (χ2n) is 6.47. The third kappa shape index (κ3) is 3.33. The molecule has 27 heavy (non-hydrogen) atoms. The molecule has 1 aliphatic rings. The first-order chi connectivity index (χ1) is 13.0. The molecule has 136 valence electrons. The van der Waals surface area contributed by atoms with Gasteiger partial charge < -0.3 is 4.74 Å². The van der Waals surface area contributed by atoms with Crippen molar-refractivity contribution in [1.29, 1.82) is 0 Å². The van der Waals surface area contributed by atoms with Gasteiger partial charge in [0.25, 0.3) is 0 Å². The zero-order chi connectivity index (χ0) is 19.0. The van der Waals surface area contributed by atoms with Gasteiger partial charge in [0.05, 0.1) is 0 Å². The number of rotatable bonds is 3. The number of nitrogens with zero attached hydrogens (tertiary/aromatic N) is 1. The quantitative estimate of drug-likeness (QED) is 0.553. The van der Waals surface area contributed by atoms with Crippen LogP contribution < -0.4 is 0 Å². The molecule has 0 saturated carbocycles. The fourth-order valence-corrected chi connectivity index (χ4v) is 3.05. The smallest absolute Gasteiger partial charge is 0.223 e. The van der Waals surface area contributed by atoms with Gasteiger partial charge in [-0.3, -0.25) is 0 Å². The molecule has 0 aliphatic carbocycles. The molecular formula is C22H16F3NO. The topological polar surface area (TPSA) is 21.6 Å². The maximum atomic E-state index is 13.9. The van der Waals surface area contributed by atoms with E-state index in [1.54, 1.807) is 0 Å². The van der Waals surface area contributed by atoms with Crippen molar-refractivity contribution in [2.75, 3.05) is 6.61 Å². The Bertz CT molecular complexity index is 1010. The molecule has 0 spiro atoms. The zero-order valence-corrected chi connectivity index (χ0v) is 14.5. The minimum atomic E-state index is -1.29. The first-order valence-corrected chi connectivity index (χ1v) is 8.54. The van der Waals surface area contributed by atoms with E-state index in [9.17, 15) is 13.2 Å². The zero-order valence-electron chi connectivity index (χ0n) is 14.5. The molecule has 0 fully saturated rings. The highest BCUT2D eigenvalue weighted by Gasteiger charge is 2.27. The molecule has 0 radical (unpaired) electrons. The number of halogens is 3. The second kappa shape index (κ2) is 6.91. The normalized spacial score (nSPS) is 16.1. The number of aliphatic imine (C=N–C) groups is 1. The molecule has 1 atom stereocenters. The van der Waals surface area contributed by atoms with Crippen LogP contribution in [0.25, 0.3) is 11.1 Å². The number of ether oxygens (including phenoxy) is 1. The van der Waals surface area contributed by atoms with E-state index in [1.807, 2.05) is 43.3 Å². The van der Waals surface area contributed by atoms with E-state index in [1.165, 1.54) is 5.56 Å². The van der Waals surface area contributed by atoms with Crippen LogP contribution in [0.15, 0.2) is 65.7 Å². The summed E-state index contributed by atoms with van der Waals surface area (Å²) in [4.78, 5) is 4.25. The van der Waals surface area contributed by atoms with Crippen molar-refractivity contribution in [1.82, 2.24) is 0 Å². The Morgan fingerprint density at radius 3 is 2.07 bits per heavy atom. The van der Waals surface area contributed by atoms with Crippen LogP contribution in [0.5, 0.6) is 0 Å².